The maximum absolute atomic E-state index is 5.53. The van der Waals surface area contributed by atoms with Crippen LogP contribution in [0.4, 0.5) is 0 Å². The molecule has 0 bridgehead atoms. The molecule has 2 rings (SSSR count). The minimum absolute atomic E-state index is 0.0349. The van der Waals surface area contributed by atoms with Crippen molar-refractivity contribution < 1.29 is 9.26 Å². The van der Waals surface area contributed by atoms with Crippen LogP contribution in [0.25, 0.3) is 0 Å². The normalized spacial score (nSPS) is 18.4. The molecule has 0 saturated heterocycles. The number of ether oxygens (including phenoxy) is 1. The van der Waals surface area contributed by atoms with E-state index in [1.54, 1.807) is 7.11 Å². The Hall–Kier alpha value is -0.940. The highest BCUT2D eigenvalue weighted by atomic mass is 16.5. The van der Waals surface area contributed by atoms with Crippen molar-refractivity contribution in [2.45, 2.75) is 37.7 Å². The van der Waals surface area contributed by atoms with Gasteiger partial charge in [-0.3, -0.25) is 0 Å². The van der Waals surface area contributed by atoms with Crippen LogP contribution in [-0.4, -0.2) is 36.4 Å². The third-order valence-corrected chi connectivity index (χ3v) is 3.28. The number of methoxy groups -OCH3 is 1. The van der Waals surface area contributed by atoms with Crippen LogP contribution < -0.4 is 5.32 Å². The third kappa shape index (κ3) is 2.41. The molecule has 5 nitrogen and oxygen atoms in total. The lowest BCUT2D eigenvalue weighted by atomic mass is 9.77. The van der Waals surface area contributed by atoms with Gasteiger partial charge in [0.2, 0.25) is 5.89 Å². The van der Waals surface area contributed by atoms with E-state index in [4.69, 9.17) is 9.26 Å². The number of nitrogens with one attached hydrogen (secondary N) is 1. The summed E-state index contributed by atoms with van der Waals surface area (Å²) in [4.78, 5) is 4.36. The number of likely N-dealkylation sites (N-methyl/N-ethyl adjacent to an activating group) is 1. The van der Waals surface area contributed by atoms with E-state index in [2.05, 4.69) is 15.5 Å². The maximum Gasteiger partial charge on any atom is 0.229 e. The highest BCUT2D eigenvalue weighted by Crippen LogP contribution is 2.37. The van der Waals surface area contributed by atoms with Gasteiger partial charge in [0, 0.05) is 20.1 Å². The Morgan fingerprint density at radius 2 is 2.31 bits per heavy atom. The summed E-state index contributed by atoms with van der Waals surface area (Å²) in [7, 11) is 3.67. The van der Waals surface area contributed by atoms with Gasteiger partial charge in [0.1, 0.15) is 0 Å². The van der Waals surface area contributed by atoms with Crippen LogP contribution in [0.5, 0.6) is 0 Å². The van der Waals surface area contributed by atoms with Gasteiger partial charge in [-0.25, -0.2) is 0 Å². The standard InChI is InChI=1S/C11H19N3O2/c1-12-7-4-9-13-10(16-14-9)8-11(15-2)5-3-6-11/h12H,3-8H2,1-2H3. The molecule has 16 heavy (non-hydrogen) atoms. The van der Waals surface area contributed by atoms with Crippen molar-refractivity contribution in [2.75, 3.05) is 20.7 Å². The minimum atomic E-state index is -0.0349. The van der Waals surface area contributed by atoms with Crippen molar-refractivity contribution in [3.63, 3.8) is 0 Å². The molecule has 1 saturated carbocycles. The Bertz CT molecular complexity index is 328. The molecule has 5 heteroatoms. The molecule has 0 aliphatic heterocycles. The van der Waals surface area contributed by atoms with Crippen LogP contribution in [0, 0.1) is 0 Å². The van der Waals surface area contributed by atoms with E-state index in [-0.39, 0.29) is 5.60 Å². The smallest absolute Gasteiger partial charge is 0.229 e. The fourth-order valence-corrected chi connectivity index (χ4v) is 2.00. The van der Waals surface area contributed by atoms with E-state index in [1.807, 2.05) is 7.05 Å². The highest BCUT2D eigenvalue weighted by Gasteiger charge is 2.38. The van der Waals surface area contributed by atoms with Gasteiger partial charge in [-0.2, -0.15) is 4.98 Å². The molecule has 0 atom stereocenters. The lowest BCUT2D eigenvalue weighted by molar-refractivity contribution is -0.0751. The molecule has 1 N–H and O–H groups in total. The van der Waals surface area contributed by atoms with Crippen molar-refractivity contribution in [3.05, 3.63) is 11.7 Å². The summed E-state index contributed by atoms with van der Waals surface area (Å²) in [5.74, 6) is 1.47. The molecule has 0 radical (unpaired) electrons. The first-order valence-corrected chi connectivity index (χ1v) is 5.79. The van der Waals surface area contributed by atoms with Crippen molar-refractivity contribution in [1.29, 1.82) is 0 Å². The zero-order valence-electron chi connectivity index (χ0n) is 9.95. The monoisotopic (exact) mass is 225 g/mol. The van der Waals surface area contributed by atoms with Crippen LogP contribution in [0.1, 0.15) is 31.0 Å². The first-order chi connectivity index (χ1) is 7.78. The van der Waals surface area contributed by atoms with Gasteiger partial charge in [-0.1, -0.05) is 5.16 Å². The van der Waals surface area contributed by atoms with Crippen LogP contribution in [0.2, 0.25) is 0 Å². The number of nitrogens with zero attached hydrogens (tertiary/aromatic N) is 2. The van der Waals surface area contributed by atoms with Gasteiger partial charge < -0.3 is 14.6 Å². The summed E-state index contributed by atoms with van der Waals surface area (Å²) in [5.41, 5.74) is -0.0349. The number of aromatic nitrogens is 2. The zero-order chi connectivity index (χ0) is 11.4. The van der Waals surface area contributed by atoms with Gasteiger partial charge in [-0.15, -0.1) is 0 Å². The average Bonchev–Trinajstić information content (AvgIpc) is 2.68. The molecular weight excluding hydrogens is 206 g/mol. The van der Waals surface area contributed by atoms with E-state index in [1.165, 1.54) is 6.42 Å². The lowest BCUT2D eigenvalue weighted by Gasteiger charge is -2.39. The summed E-state index contributed by atoms with van der Waals surface area (Å²) < 4.78 is 10.8. The van der Waals surface area contributed by atoms with Crippen molar-refractivity contribution in [1.82, 2.24) is 15.5 Å². The first-order valence-electron chi connectivity index (χ1n) is 5.79. The Morgan fingerprint density at radius 1 is 1.50 bits per heavy atom. The predicted octanol–water partition coefficient (Wildman–Crippen LogP) is 0.943. The Balaban J connectivity index is 1.91. The molecule has 0 aromatic carbocycles. The summed E-state index contributed by atoms with van der Waals surface area (Å²) in [6, 6.07) is 0. The number of hydrogen-bond donors (Lipinski definition) is 1. The lowest BCUT2D eigenvalue weighted by Crippen LogP contribution is -2.41. The summed E-state index contributed by atoms with van der Waals surface area (Å²) in [5, 5.41) is 7.01. The van der Waals surface area contributed by atoms with Gasteiger partial charge in [0.05, 0.1) is 12.0 Å². The minimum Gasteiger partial charge on any atom is -0.378 e. The van der Waals surface area contributed by atoms with Crippen LogP contribution in [-0.2, 0) is 17.6 Å². The van der Waals surface area contributed by atoms with Gasteiger partial charge in [-0.05, 0) is 26.3 Å². The van der Waals surface area contributed by atoms with Crippen LogP contribution in [0.3, 0.4) is 0 Å². The molecule has 1 aliphatic carbocycles. The van der Waals surface area contributed by atoms with E-state index in [0.717, 1.165) is 38.1 Å². The topological polar surface area (TPSA) is 60.2 Å². The average molecular weight is 225 g/mol. The second kappa shape index (κ2) is 4.93. The van der Waals surface area contributed by atoms with Crippen molar-refractivity contribution in [3.8, 4) is 0 Å². The van der Waals surface area contributed by atoms with Crippen LogP contribution >= 0.6 is 0 Å². The van der Waals surface area contributed by atoms with Gasteiger partial charge in [0.25, 0.3) is 0 Å². The van der Waals surface area contributed by atoms with Gasteiger partial charge >= 0.3 is 0 Å². The number of hydrogen-bond acceptors (Lipinski definition) is 5. The SMILES string of the molecule is CNCCc1noc(CC2(OC)CCC2)n1. The summed E-state index contributed by atoms with van der Waals surface area (Å²) in [6.07, 6.45) is 4.97. The summed E-state index contributed by atoms with van der Waals surface area (Å²) in [6.45, 7) is 0.869. The Kier molecular flexibility index (Phi) is 3.56. The third-order valence-electron chi connectivity index (χ3n) is 3.28. The molecule has 1 aromatic heterocycles. The highest BCUT2D eigenvalue weighted by molar-refractivity contribution is 4.99. The first kappa shape index (κ1) is 11.5. The molecule has 1 aliphatic rings. The molecule has 1 fully saturated rings. The number of rotatable bonds is 6. The quantitative estimate of drug-likeness (QED) is 0.781. The molecule has 0 unspecified atom stereocenters. The Labute approximate surface area is 95.6 Å². The van der Waals surface area contributed by atoms with E-state index < -0.39 is 0 Å². The second-order valence-electron chi connectivity index (χ2n) is 4.38. The fourth-order valence-electron chi connectivity index (χ4n) is 2.00. The summed E-state index contributed by atoms with van der Waals surface area (Å²) >= 11 is 0. The molecule has 1 heterocycles. The van der Waals surface area contributed by atoms with E-state index in [9.17, 15) is 0 Å². The van der Waals surface area contributed by atoms with Crippen molar-refractivity contribution >= 4 is 0 Å². The molecule has 0 spiro atoms. The zero-order valence-corrected chi connectivity index (χ0v) is 9.95. The maximum atomic E-state index is 5.53. The molecule has 1 aromatic rings. The van der Waals surface area contributed by atoms with E-state index >= 15 is 0 Å². The molecular formula is C11H19N3O2. The van der Waals surface area contributed by atoms with Gasteiger partial charge in [0.15, 0.2) is 5.82 Å². The largest absolute Gasteiger partial charge is 0.378 e. The fraction of sp³-hybridized carbons (Fsp3) is 0.818. The molecule has 90 valence electrons. The van der Waals surface area contributed by atoms with E-state index in [0.29, 0.717) is 5.89 Å². The predicted molar refractivity (Wildman–Crippen MR) is 59.2 cm³/mol. The second-order valence-corrected chi connectivity index (χ2v) is 4.38. The van der Waals surface area contributed by atoms with Crippen LogP contribution in [0.15, 0.2) is 4.52 Å². The Morgan fingerprint density at radius 3 is 2.88 bits per heavy atom. The molecule has 0 amide bonds. The van der Waals surface area contributed by atoms with Crippen molar-refractivity contribution in [2.24, 2.45) is 0 Å².